The number of nitrogens with one attached hydrogen (secondary N) is 1. The monoisotopic (exact) mass is 267 g/mol. The van der Waals surface area contributed by atoms with Crippen LogP contribution in [0, 0.1) is 5.92 Å². The van der Waals surface area contributed by atoms with Gasteiger partial charge in [0.25, 0.3) is 0 Å². The topological polar surface area (TPSA) is 42.2 Å². The van der Waals surface area contributed by atoms with Crippen molar-refractivity contribution in [1.29, 1.82) is 0 Å². The van der Waals surface area contributed by atoms with Gasteiger partial charge in [-0.1, -0.05) is 25.1 Å². The van der Waals surface area contributed by atoms with Crippen molar-refractivity contribution in [3.63, 3.8) is 0 Å². The quantitative estimate of drug-likeness (QED) is 0.849. The third-order valence-electron chi connectivity index (χ3n) is 3.56. The molecule has 102 valence electrons. The number of furan rings is 1. The van der Waals surface area contributed by atoms with Crippen molar-refractivity contribution in [3.05, 3.63) is 60.1 Å². The lowest BCUT2D eigenvalue weighted by Crippen LogP contribution is -2.07. The fourth-order valence-corrected chi connectivity index (χ4v) is 2.24. The highest BCUT2D eigenvalue weighted by atomic mass is 16.3. The number of benzene rings is 1. The summed E-state index contributed by atoms with van der Waals surface area (Å²) >= 11 is 0. The first kappa shape index (κ1) is 12.7. The molecule has 1 amide bonds. The second kappa shape index (κ2) is 5.37. The Labute approximate surface area is 118 Å². The van der Waals surface area contributed by atoms with Gasteiger partial charge in [-0.3, -0.25) is 4.79 Å². The maximum atomic E-state index is 11.8. The molecule has 1 aliphatic carbocycles. The summed E-state index contributed by atoms with van der Waals surface area (Å²) in [5.41, 5.74) is 0.786. The Morgan fingerprint density at radius 2 is 2.00 bits per heavy atom. The standard InChI is InChI=1S/C17H17NO2/c1-12-11-15(12)16-9-7-14(20-16)8-10-17(19)18-13-5-3-2-4-6-13/h2-10,12,15H,11H2,1H3,(H,18,19). The van der Waals surface area contributed by atoms with Crippen molar-refractivity contribution in [2.45, 2.75) is 19.3 Å². The van der Waals surface area contributed by atoms with Crippen molar-refractivity contribution < 1.29 is 9.21 Å². The first-order chi connectivity index (χ1) is 9.72. The summed E-state index contributed by atoms with van der Waals surface area (Å²) in [4.78, 5) is 11.8. The highest BCUT2D eigenvalue weighted by Gasteiger charge is 2.36. The summed E-state index contributed by atoms with van der Waals surface area (Å²) < 4.78 is 5.71. The van der Waals surface area contributed by atoms with Crippen LogP contribution in [0.25, 0.3) is 6.08 Å². The molecule has 2 aromatic rings. The first-order valence-corrected chi connectivity index (χ1v) is 6.86. The number of carbonyl (C=O) groups is 1. The minimum absolute atomic E-state index is 0.158. The summed E-state index contributed by atoms with van der Waals surface area (Å²) in [5.74, 6) is 2.88. The van der Waals surface area contributed by atoms with E-state index < -0.39 is 0 Å². The molecule has 3 rings (SSSR count). The number of amides is 1. The van der Waals surface area contributed by atoms with E-state index in [2.05, 4.69) is 12.2 Å². The predicted octanol–water partition coefficient (Wildman–Crippen LogP) is 4.05. The molecule has 1 N–H and O–H groups in total. The second-order valence-corrected chi connectivity index (χ2v) is 5.25. The molecule has 1 saturated carbocycles. The van der Waals surface area contributed by atoms with Gasteiger partial charge in [0.15, 0.2) is 0 Å². The predicted molar refractivity (Wildman–Crippen MR) is 79.3 cm³/mol. The number of hydrogen-bond acceptors (Lipinski definition) is 2. The van der Waals surface area contributed by atoms with E-state index >= 15 is 0 Å². The van der Waals surface area contributed by atoms with Crippen LogP contribution in [0.3, 0.4) is 0 Å². The van der Waals surface area contributed by atoms with E-state index in [4.69, 9.17) is 4.42 Å². The molecule has 2 unspecified atom stereocenters. The first-order valence-electron chi connectivity index (χ1n) is 6.86. The third-order valence-corrected chi connectivity index (χ3v) is 3.56. The SMILES string of the molecule is CC1CC1c1ccc(C=CC(=O)Nc2ccccc2)o1. The molecule has 0 aliphatic heterocycles. The summed E-state index contributed by atoms with van der Waals surface area (Å²) in [5, 5.41) is 2.79. The van der Waals surface area contributed by atoms with Crippen LogP contribution in [0.2, 0.25) is 0 Å². The molecular formula is C17H17NO2. The number of rotatable bonds is 4. The van der Waals surface area contributed by atoms with E-state index in [1.54, 1.807) is 6.08 Å². The smallest absolute Gasteiger partial charge is 0.248 e. The van der Waals surface area contributed by atoms with E-state index in [9.17, 15) is 4.79 Å². The molecule has 0 radical (unpaired) electrons. The Morgan fingerprint density at radius 3 is 2.70 bits per heavy atom. The molecule has 0 bridgehead atoms. The van der Waals surface area contributed by atoms with Crippen LogP contribution in [0.15, 0.2) is 53.0 Å². The summed E-state index contributed by atoms with van der Waals surface area (Å²) in [6, 6.07) is 13.3. The van der Waals surface area contributed by atoms with Crippen LogP contribution in [-0.4, -0.2) is 5.91 Å². The Balaban J connectivity index is 1.59. The fraction of sp³-hybridized carbons (Fsp3) is 0.235. The van der Waals surface area contributed by atoms with Crippen LogP contribution in [0.5, 0.6) is 0 Å². The van der Waals surface area contributed by atoms with Gasteiger partial charge in [0.05, 0.1) is 0 Å². The van der Waals surface area contributed by atoms with Crippen LogP contribution in [-0.2, 0) is 4.79 Å². The summed E-state index contributed by atoms with van der Waals surface area (Å²) in [6.07, 6.45) is 4.39. The molecular weight excluding hydrogens is 250 g/mol. The number of hydrogen-bond donors (Lipinski definition) is 1. The van der Waals surface area contributed by atoms with Crippen molar-refractivity contribution >= 4 is 17.7 Å². The van der Waals surface area contributed by atoms with Gasteiger partial charge in [0, 0.05) is 17.7 Å². The van der Waals surface area contributed by atoms with Gasteiger partial charge in [0.2, 0.25) is 5.91 Å². The highest BCUT2D eigenvalue weighted by Crippen LogP contribution is 2.47. The number of carbonyl (C=O) groups excluding carboxylic acids is 1. The average molecular weight is 267 g/mol. The Bertz CT molecular complexity index is 627. The zero-order valence-electron chi connectivity index (χ0n) is 11.4. The molecule has 1 aromatic heterocycles. The summed E-state index contributed by atoms with van der Waals surface area (Å²) in [7, 11) is 0. The molecule has 2 atom stereocenters. The van der Waals surface area contributed by atoms with Crippen molar-refractivity contribution in [1.82, 2.24) is 0 Å². The van der Waals surface area contributed by atoms with Crippen LogP contribution < -0.4 is 5.32 Å². The molecule has 0 spiro atoms. The van der Waals surface area contributed by atoms with Gasteiger partial charge in [0.1, 0.15) is 11.5 Å². The fourth-order valence-electron chi connectivity index (χ4n) is 2.24. The zero-order chi connectivity index (χ0) is 13.9. The average Bonchev–Trinajstić information content (AvgIpc) is 3.01. The van der Waals surface area contributed by atoms with Gasteiger partial charge in [-0.15, -0.1) is 0 Å². The minimum Gasteiger partial charge on any atom is -0.461 e. The normalized spacial score (nSPS) is 21.1. The van der Waals surface area contributed by atoms with E-state index in [0.29, 0.717) is 5.92 Å². The molecule has 0 saturated heterocycles. The van der Waals surface area contributed by atoms with Crippen molar-refractivity contribution in [2.24, 2.45) is 5.92 Å². The summed E-state index contributed by atoms with van der Waals surface area (Å²) in [6.45, 7) is 2.22. The largest absolute Gasteiger partial charge is 0.461 e. The molecule has 20 heavy (non-hydrogen) atoms. The van der Waals surface area contributed by atoms with E-state index in [1.807, 2.05) is 42.5 Å². The van der Waals surface area contributed by atoms with E-state index in [-0.39, 0.29) is 5.91 Å². The molecule has 1 fully saturated rings. The van der Waals surface area contributed by atoms with Gasteiger partial charge in [-0.05, 0) is 42.7 Å². The third kappa shape index (κ3) is 2.99. The molecule has 1 aliphatic rings. The van der Waals surface area contributed by atoms with Crippen molar-refractivity contribution in [2.75, 3.05) is 5.32 Å². The van der Waals surface area contributed by atoms with Gasteiger partial charge in [-0.2, -0.15) is 0 Å². The van der Waals surface area contributed by atoms with Gasteiger partial charge in [-0.25, -0.2) is 0 Å². The maximum Gasteiger partial charge on any atom is 0.248 e. The zero-order valence-corrected chi connectivity index (χ0v) is 11.4. The number of anilines is 1. The van der Waals surface area contributed by atoms with Gasteiger partial charge >= 0.3 is 0 Å². The molecule has 1 aromatic carbocycles. The van der Waals surface area contributed by atoms with E-state index in [1.165, 1.54) is 12.5 Å². The lowest BCUT2D eigenvalue weighted by molar-refractivity contribution is -0.111. The lowest BCUT2D eigenvalue weighted by Gasteiger charge is -1.99. The Morgan fingerprint density at radius 1 is 1.25 bits per heavy atom. The van der Waals surface area contributed by atoms with Crippen LogP contribution >= 0.6 is 0 Å². The maximum absolute atomic E-state index is 11.8. The minimum atomic E-state index is -0.158. The molecule has 1 heterocycles. The Hall–Kier alpha value is -2.29. The van der Waals surface area contributed by atoms with Gasteiger partial charge < -0.3 is 9.73 Å². The molecule has 3 heteroatoms. The Kier molecular flexibility index (Phi) is 3.42. The number of para-hydroxylation sites is 1. The van der Waals surface area contributed by atoms with Crippen LogP contribution in [0.1, 0.15) is 30.8 Å². The highest BCUT2D eigenvalue weighted by molar-refractivity contribution is 6.01. The second-order valence-electron chi connectivity index (χ2n) is 5.25. The van der Waals surface area contributed by atoms with Crippen LogP contribution in [0.4, 0.5) is 5.69 Å². The lowest BCUT2D eigenvalue weighted by atomic mass is 10.3. The van der Waals surface area contributed by atoms with Crippen molar-refractivity contribution in [3.8, 4) is 0 Å². The molecule has 3 nitrogen and oxygen atoms in total. The van der Waals surface area contributed by atoms with E-state index in [0.717, 1.165) is 23.1 Å².